The van der Waals surface area contributed by atoms with E-state index in [4.69, 9.17) is 10.7 Å². The Labute approximate surface area is 111 Å². The van der Waals surface area contributed by atoms with E-state index >= 15 is 0 Å². The molecule has 0 atom stereocenters. The van der Waals surface area contributed by atoms with Crippen molar-refractivity contribution in [2.24, 2.45) is 7.05 Å². The largest absolute Gasteiger partial charge is 0.271 e. The van der Waals surface area contributed by atoms with Gasteiger partial charge in [0.05, 0.1) is 17.1 Å². The molecule has 10 heteroatoms. The van der Waals surface area contributed by atoms with Gasteiger partial charge in [-0.3, -0.25) is 4.68 Å². The average Bonchev–Trinajstić information content (AvgIpc) is 2.38. The molecular weight excluding hydrogens is 302 g/mol. The Bertz CT molecular complexity index is 648. The summed E-state index contributed by atoms with van der Waals surface area (Å²) in [7, 11) is -0.874. The molecule has 0 saturated heterocycles. The summed E-state index contributed by atoms with van der Waals surface area (Å²) in [6.45, 7) is 2.91. The Morgan fingerprint density at radius 2 is 1.83 bits per heavy atom. The van der Waals surface area contributed by atoms with Crippen LogP contribution in [0, 0.1) is 13.8 Å². The number of sulfonamides is 1. The minimum absolute atomic E-state index is 0.0666. The number of aromatic nitrogens is 2. The highest BCUT2D eigenvalue weighted by molar-refractivity contribution is 8.13. The van der Waals surface area contributed by atoms with E-state index in [2.05, 4.69) is 9.82 Å². The molecule has 1 heterocycles. The van der Waals surface area contributed by atoms with Gasteiger partial charge in [-0.1, -0.05) is 0 Å². The van der Waals surface area contributed by atoms with Gasteiger partial charge in [-0.2, -0.15) is 5.10 Å². The van der Waals surface area contributed by atoms with Crippen LogP contribution in [-0.4, -0.2) is 38.9 Å². The van der Waals surface area contributed by atoms with Crippen LogP contribution in [0.1, 0.15) is 11.4 Å². The standard InChI is InChI=1S/C8H14ClN3O4S2/c1-6-8(7(2)12(3)11-6)18(15,16)10-4-5-17(9,13)14/h10H,4-5H2,1-3H3. The zero-order valence-electron chi connectivity index (χ0n) is 10.1. The first kappa shape index (κ1) is 15.4. The molecule has 0 radical (unpaired) electrons. The highest BCUT2D eigenvalue weighted by Crippen LogP contribution is 2.17. The van der Waals surface area contributed by atoms with Crippen molar-refractivity contribution in [3.05, 3.63) is 11.4 Å². The second kappa shape index (κ2) is 5.16. The van der Waals surface area contributed by atoms with E-state index in [1.807, 2.05) is 0 Å². The third kappa shape index (κ3) is 3.67. The third-order valence-electron chi connectivity index (χ3n) is 2.35. The van der Waals surface area contributed by atoms with Gasteiger partial charge in [-0.15, -0.1) is 0 Å². The Balaban J connectivity index is 2.94. The lowest BCUT2D eigenvalue weighted by Crippen LogP contribution is -2.29. The minimum Gasteiger partial charge on any atom is -0.271 e. The summed E-state index contributed by atoms with van der Waals surface area (Å²) in [6, 6.07) is 0. The van der Waals surface area contributed by atoms with Crippen LogP contribution in [0.3, 0.4) is 0 Å². The number of nitrogens with zero attached hydrogens (tertiary/aromatic N) is 2. The lowest BCUT2D eigenvalue weighted by Gasteiger charge is -2.06. The van der Waals surface area contributed by atoms with Crippen molar-refractivity contribution in [3.63, 3.8) is 0 Å². The number of rotatable bonds is 5. The first-order valence-corrected chi connectivity index (χ1v) is 8.93. The molecule has 7 nitrogen and oxygen atoms in total. The average molecular weight is 316 g/mol. The van der Waals surface area contributed by atoms with E-state index < -0.39 is 24.8 Å². The van der Waals surface area contributed by atoms with Crippen LogP contribution in [0.2, 0.25) is 0 Å². The summed E-state index contributed by atoms with van der Waals surface area (Å²) in [5.41, 5.74) is 0.838. The quantitative estimate of drug-likeness (QED) is 0.764. The van der Waals surface area contributed by atoms with E-state index in [1.54, 1.807) is 20.9 Å². The molecule has 1 rings (SSSR count). The zero-order chi connectivity index (χ0) is 14.1. The summed E-state index contributed by atoms with van der Waals surface area (Å²) < 4.78 is 49.0. The minimum atomic E-state index is -3.78. The van der Waals surface area contributed by atoms with E-state index in [0.717, 1.165) is 0 Å². The summed E-state index contributed by atoms with van der Waals surface area (Å²) in [5, 5.41) is 3.99. The summed E-state index contributed by atoms with van der Waals surface area (Å²) in [4.78, 5) is 0.0666. The molecule has 18 heavy (non-hydrogen) atoms. The van der Waals surface area contributed by atoms with Crippen LogP contribution in [0.4, 0.5) is 0 Å². The number of hydrogen-bond donors (Lipinski definition) is 1. The van der Waals surface area contributed by atoms with E-state index in [0.29, 0.717) is 11.4 Å². The molecule has 1 N–H and O–H groups in total. The topological polar surface area (TPSA) is 98.1 Å². The van der Waals surface area contributed by atoms with E-state index in [9.17, 15) is 16.8 Å². The molecule has 1 aromatic heterocycles. The van der Waals surface area contributed by atoms with Gasteiger partial charge in [-0.25, -0.2) is 21.6 Å². The van der Waals surface area contributed by atoms with Gasteiger partial charge in [0, 0.05) is 24.3 Å². The number of hydrogen-bond acceptors (Lipinski definition) is 5. The fraction of sp³-hybridized carbons (Fsp3) is 0.625. The lowest BCUT2D eigenvalue weighted by atomic mass is 10.4. The molecule has 0 aromatic carbocycles. The molecule has 1 aromatic rings. The van der Waals surface area contributed by atoms with Gasteiger partial charge in [0.25, 0.3) is 0 Å². The molecule has 104 valence electrons. The predicted octanol–water partition coefficient (Wildman–Crippen LogP) is -0.116. The molecule has 0 aliphatic rings. The Morgan fingerprint density at radius 3 is 2.22 bits per heavy atom. The van der Waals surface area contributed by atoms with Crippen LogP contribution in [0.25, 0.3) is 0 Å². The van der Waals surface area contributed by atoms with Crippen LogP contribution in [0.15, 0.2) is 4.90 Å². The van der Waals surface area contributed by atoms with Crippen molar-refractivity contribution in [1.29, 1.82) is 0 Å². The summed E-state index contributed by atoms with van der Waals surface area (Å²) in [6.07, 6.45) is 0. The molecule has 0 aliphatic carbocycles. The fourth-order valence-electron chi connectivity index (χ4n) is 1.51. The molecule has 0 spiro atoms. The zero-order valence-corrected chi connectivity index (χ0v) is 12.5. The van der Waals surface area contributed by atoms with Gasteiger partial charge >= 0.3 is 0 Å². The Morgan fingerprint density at radius 1 is 1.28 bits per heavy atom. The molecule has 0 fully saturated rings. The van der Waals surface area contributed by atoms with Crippen LogP contribution >= 0.6 is 10.7 Å². The normalized spacial score (nSPS) is 12.9. The number of aryl methyl sites for hydroxylation is 2. The second-order valence-corrected chi connectivity index (χ2v) is 8.36. The maximum Gasteiger partial charge on any atom is 0.244 e. The Hall–Kier alpha value is -0.640. The molecule has 0 aliphatic heterocycles. The van der Waals surface area contributed by atoms with Crippen molar-refractivity contribution in [2.45, 2.75) is 18.7 Å². The molecule has 0 amide bonds. The van der Waals surface area contributed by atoms with Gasteiger partial charge < -0.3 is 0 Å². The first-order valence-electron chi connectivity index (χ1n) is 4.97. The highest BCUT2D eigenvalue weighted by atomic mass is 35.7. The van der Waals surface area contributed by atoms with Gasteiger partial charge in [0.1, 0.15) is 4.90 Å². The maximum absolute atomic E-state index is 12.0. The first-order chi connectivity index (χ1) is 8.04. The summed E-state index contributed by atoms with van der Waals surface area (Å²) in [5.74, 6) is -0.466. The lowest BCUT2D eigenvalue weighted by molar-refractivity contribution is 0.581. The van der Waals surface area contributed by atoms with E-state index in [1.165, 1.54) is 4.68 Å². The molecule has 0 bridgehead atoms. The van der Waals surface area contributed by atoms with Crippen LogP contribution in [0.5, 0.6) is 0 Å². The third-order valence-corrected chi connectivity index (χ3v) is 5.22. The summed E-state index contributed by atoms with van der Waals surface area (Å²) >= 11 is 0. The van der Waals surface area contributed by atoms with Gasteiger partial charge in [0.15, 0.2) is 0 Å². The van der Waals surface area contributed by atoms with Crippen molar-refractivity contribution in [3.8, 4) is 0 Å². The smallest absolute Gasteiger partial charge is 0.244 e. The van der Waals surface area contributed by atoms with Crippen molar-refractivity contribution in [2.75, 3.05) is 12.3 Å². The SMILES string of the molecule is Cc1nn(C)c(C)c1S(=O)(=O)NCCS(=O)(=O)Cl. The maximum atomic E-state index is 12.0. The predicted molar refractivity (Wildman–Crippen MR) is 67.5 cm³/mol. The number of nitrogens with one attached hydrogen (secondary N) is 1. The van der Waals surface area contributed by atoms with Crippen molar-refractivity contribution < 1.29 is 16.8 Å². The van der Waals surface area contributed by atoms with Gasteiger partial charge in [0.2, 0.25) is 19.1 Å². The monoisotopic (exact) mass is 315 g/mol. The van der Waals surface area contributed by atoms with Crippen LogP contribution in [-0.2, 0) is 26.1 Å². The van der Waals surface area contributed by atoms with E-state index in [-0.39, 0.29) is 11.4 Å². The fourth-order valence-corrected chi connectivity index (χ4v) is 3.69. The van der Waals surface area contributed by atoms with Crippen molar-refractivity contribution >= 4 is 29.8 Å². The molecule has 0 saturated carbocycles. The second-order valence-electron chi connectivity index (χ2n) is 3.76. The van der Waals surface area contributed by atoms with Gasteiger partial charge in [-0.05, 0) is 13.8 Å². The highest BCUT2D eigenvalue weighted by Gasteiger charge is 2.23. The molecule has 0 unspecified atom stereocenters. The number of halogens is 1. The van der Waals surface area contributed by atoms with Crippen molar-refractivity contribution in [1.82, 2.24) is 14.5 Å². The Kier molecular flexibility index (Phi) is 4.42. The molecular formula is C8H14ClN3O4S2. The van der Waals surface area contributed by atoms with Crippen LogP contribution < -0.4 is 4.72 Å².